The molecule has 0 aliphatic carbocycles. The minimum absolute atomic E-state index is 0.123. The lowest BCUT2D eigenvalue weighted by Gasteiger charge is -2.20. The first-order chi connectivity index (χ1) is 8.62. The van der Waals surface area contributed by atoms with E-state index in [0.29, 0.717) is 6.07 Å². The third-order valence-electron chi connectivity index (χ3n) is 2.78. The maximum Gasteiger partial charge on any atom is 0.433 e. The minimum Gasteiger partial charge on any atom is -0.478 e. The van der Waals surface area contributed by atoms with Crippen molar-refractivity contribution in [3.05, 3.63) is 23.4 Å². The summed E-state index contributed by atoms with van der Waals surface area (Å²) in [6, 6.07) is 1.37. The fourth-order valence-corrected chi connectivity index (χ4v) is 1.28. The van der Waals surface area contributed by atoms with Gasteiger partial charge in [-0.15, -0.1) is 0 Å². The number of halogens is 3. The molecular formula is C12H15F3N2O2. The molecule has 1 atom stereocenters. The molecule has 0 radical (unpaired) electrons. The SMILES string of the molecule is CC(C)C(C)Nc1nc(C(F)(F)F)ccc1C(=O)O. The highest BCUT2D eigenvalue weighted by molar-refractivity contribution is 5.93. The summed E-state index contributed by atoms with van der Waals surface area (Å²) in [7, 11) is 0. The van der Waals surface area contributed by atoms with Crippen molar-refractivity contribution in [1.29, 1.82) is 0 Å². The molecule has 0 fully saturated rings. The van der Waals surface area contributed by atoms with Gasteiger partial charge in [0.15, 0.2) is 0 Å². The van der Waals surface area contributed by atoms with Crippen LogP contribution in [0.3, 0.4) is 0 Å². The Morgan fingerprint density at radius 1 is 1.32 bits per heavy atom. The van der Waals surface area contributed by atoms with Crippen LogP contribution < -0.4 is 5.32 Å². The topological polar surface area (TPSA) is 62.2 Å². The number of carbonyl (C=O) groups is 1. The number of anilines is 1. The number of alkyl halides is 3. The average Bonchev–Trinajstić information content (AvgIpc) is 2.27. The zero-order valence-corrected chi connectivity index (χ0v) is 10.7. The Morgan fingerprint density at radius 3 is 2.32 bits per heavy atom. The Kier molecular flexibility index (Phi) is 4.39. The van der Waals surface area contributed by atoms with Crippen molar-refractivity contribution in [2.45, 2.75) is 33.0 Å². The van der Waals surface area contributed by atoms with Crippen LogP contribution in [-0.4, -0.2) is 22.1 Å². The molecule has 0 saturated carbocycles. The van der Waals surface area contributed by atoms with Crippen LogP contribution in [0.2, 0.25) is 0 Å². The highest BCUT2D eigenvalue weighted by Crippen LogP contribution is 2.29. The van der Waals surface area contributed by atoms with Crippen LogP contribution in [0.1, 0.15) is 36.8 Å². The molecule has 2 N–H and O–H groups in total. The first-order valence-electron chi connectivity index (χ1n) is 5.71. The molecule has 0 aliphatic rings. The molecule has 1 aromatic rings. The van der Waals surface area contributed by atoms with E-state index in [0.717, 1.165) is 6.07 Å². The van der Waals surface area contributed by atoms with E-state index >= 15 is 0 Å². The van der Waals surface area contributed by atoms with E-state index in [-0.39, 0.29) is 23.3 Å². The normalized spacial score (nSPS) is 13.4. The van der Waals surface area contributed by atoms with Crippen molar-refractivity contribution in [2.24, 2.45) is 5.92 Å². The number of aromatic carboxylic acids is 1. The number of nitrogens with zero attached hydrogens (tertiary/aromatic N) is 1. The summed E-state index contributed by atoms with van der Waals surface area (Å²) in [6.45, 7) is 5.48. The van der Waals surface area contributed by atoms with Gasteiger partial charge in [-0.3, -0.25) is 0 Å². The van der Waals surface area contributed by atoms with E-state index in [1.165, 1.54) is 0 Å². The van der Waals surface area contributed by atoms with E-state index in [1.807, 2.05) is 13.8 Å². The molecule has 0 amide bonds. The Labute approximate surface area is 108 Å². The van der Waals surface area contributed by atoms with Crippen molar-refractivity contribution in [2.75, 3.05) is 5.32 Å². The van der Waals surface area contributed by atoms with Crippen LogP contribution >= 0.6 is 0 Å². The predicted molar refractivity (Wildman–Crippen MR) is 64.1 cm³/mol. The summed E-state index contributed by atoms with van der Waals surface area (Å²) in [5.74, 6) is -1.46. The maximum absolute atomic E-state index is 12.6. The van der Waals surface area contributed by atoms with Gasteiger partial charge in [0, 0.05) is 6.04 Å². The number of hydrogen-bond donors (Lipinski definition) is 2. The number of nitrogens with one attached hydrogen (secondary N) is 1. The van der Waals surface area contributed by atoms with Gasteiger partial charge in [-0.05, 0) is 25.0 Å². The summed E-state index contributed by atoms with van der Waals surface area (Å²) in [4.78, 5) is 14.3. The van der Waals surface area contributed by atoms with Gasteiger partial charge in [0.05, 0.1) is 0 Å². The van der Waals surface area contributed by atoms with E-state index < -0.39 is 17.8 Å². The molecule has 1 rings (SSSR count). The van der Waals surface area contributed by atoms with Crippen LogP contribution in [0.5, 0.6) is 0 Å². The van der Waals surface area contributed by atoms with Gasteiger partial charge in [-0.1, -0.05) is 13.8 Å². The van der Waals surface area contributed by atoms with Crippen molar-refractivity contribution >= 4 is 11.8 Å². The molecule has 19 heavy (non-hydrogen) atoms. The van der Waals surface area contributed by atoms with Crippen molar-refractivity contribution in [3.8, 4) is 0 Å². The molecule has 0 bridgehead atoms. The minimum atomic E-state index is -4.60. The zero-order chi connectivity index (χ0) is 14.8. The first-order valence-corrected chi connectivity index (χ1v) is 5.71. The van der Waals surface area contributed by atoms with Gasteiger partial charge >= 0.3 is 12.1 Å². The number of carboxylic acids is 1. The quantitative estimate of drug-likeness (QED) is 0.886. The Balaban J connectivity index is 3.20. The number of pyridine rings is 1. The molecule has 106 valence electrons. The van der Waals surface area contributed by atoms with Crippen molar-refractivity contribution < 1.29 is 23.1 Å². The van der Waals surface area contributed by atoms with Crippen molar-refractivity contribution in [1.82, 2.24) is 4.98 Å². The molecule has 1 unspecified atom stereocenters. The second-order valence-electron chi connectivity index (χ2n) is 4.57. The third kappa shape index (κ3) is 3.84. The summed E-state index contributed by atoms with van der Waals surface area (Å²) in [5, 5.41) is 11.7. The molecule has 0 spiro atoms. The van der Waals surface area contributed by atoms with E-state index in [1.54, 1.807) is 6.92 Å². The molecule has 0 aromatic carbocycles. The van der Waals surface area contributed by atoms with Gasteiger partial charge in [-0.2, -0.15) is 13.2 Å². The molecule has 1 heterocycles. The highest BCUT2D eigenvalue weighted by Gasteiger charge is 2.33. The second kappa shape index (κ2) is 5.46. The summed E-state index contributed by atoms with van der Waals surface area (Å²) in [6.07, 6.45) is -4.60. The van der Waals surface area contributed by atoms with Crippen LogP contribution in [0, 0.1) is 5.92 Å². The summed E-state index contributed by atoms with van der Waals surface area (Å²) < 4.78 is 37.7. The number of aromatic nitrogens is 1. The predicted octanol–water partition coefficient (Wildman–Crippen LogP) is 3.26. The van der Waals surface area contributed by atoms with Gasteiger partial charge in [0.1, 0.15) is 17.1 Å². The van der Waals surface area contributed by atoms with E-state index in [9.17, 15) is 18.0 Å². The Morgan fingerprint density at radius 2 is 1.89 bits per heavy atom. The van der Waals surface area contributed by atoms with Crippen LogP contribution in [0.4, 0.5) is 19.0 Å². The van der Waals surface area contributed by atoms with E-state index in [4.69, 9.17) is 5.11 Å². The van der Waals surface area contributed by atoms with Crippen molar-refractivity contribution in [3.63, 3.8) is 0 Å². The lowest BCUT2D eigenvalue weighted by molar-refractivity contribution is -0.141. The fourth-order valence-electron chi connectivity index (χ4n) is 1.28. The van der Waals surface area contributed by atoms with Gasteiger partial charge in [-0.25, -0.2) is 9.78 Å². The van der Waals surface area contributed by atoms with Crippen LogP contribution in [-0.2, 0) is 6.18 Å². The maximum atomic E-state index is 12.6. The fraction of sp³-hybridized carbons (Fsp3) is 0.500. The average molecular weight is 276 g/mol. The standard InChI is InChI=1S/C12H15F3N2O2/c1-6(2)7(3)16-10-8(11(18)19)4-5-9(17-10)12(13,14)15/h4-7H,1-3H3,(H,16,17)(H,18,19). The number of carboxylic acid groups (broad SMARTS) is 1. The lowest BCUT2D eigenvalue weighted by Crippen LogP contribution is -2.24. The number of rotatable bonds is 4. The molecule has 0 saturated heterocycles. The largest absolute Gasteiger partial charge is 0.478 e. The summed E-state index contributed by atoms with van der Waals surface area (Å²) >= 11 is 0. The third-order valence-corrected chi connectivity index (χ3v) is 2.78. The zero-order valence-electron chi connectivity index (χ0n) is 10.7. The molecular weight excluding hydrogens is 261 g/mol. The molecule has 0 aliphatic heterocycles. The Hall–Kier alpha value is -1.79. The molecule has 7 heteroatoms. The van der Waals surface area contributed by atoms with Gasteiger partial charge in [0.25, 0.3) is 0 Å². The van der Waals surface area contributed by atoms with E-state index in [2.05, 4.69) is 10.3 Å². The smallest absolute Gasteiger partial charge is 0.433 e. The Bertz CT molecular complexity index is 473. The first kappa shape index (κ1) is 15.3. The highest BCUT2D eigenvalue weighted by atomic mass is 19.4. The molecule has 1 aromatic heterocycles. The summed E-state index contributed by atoms with van der Waals surface area (Å²) in [5.41, 5.74) is -1.39. The van der Waals surface area contributed by atoms with Crippen LogP contribution in [0.25, 0.3) is 0 Å². The monoisotopic (exact) mass is 276 g/mol. The lowest BCUT2D eigenvalue weighted by atomic mass is 10.1. The number of hydrogen-bond acceptors (Lipinski definition) is 3. The van der Waals surface area contributed by atoms with Gasteiger partial charge in [0.2, 0.25) is 0 Å². The molecule has 4 nitrogen and oxygen atoms in total. The van der Waals surface area contributed by atoms with Gasteiger partial charge < -0.3 is 10.4 Å². The second-order valence-corrected chi connectivity index (χ2v) is 4.57. The van der Waals surface area contributed by atoms with Crippen LogP contribution in [0.15, 0.2) is 12.1 Å².